The fourth-order valence-corrected chi connectivity index (χ4v) is 4.71. The molecule has 0 aliphatic carbocycles. The maximum atomic E-state index is 14.3. The lowest BCUT2D eigenvalue weighted by molar-refractivity contribution is -0.119. The van der Waals surface area contributed by atoms with Crippen molar-refractivity contribution in [1.82, 2.24) is 14.5 Å². The molecular formula is C29H34BClF2N4O2. The van der Waals surface area contributed by atoms with Crippen molar-refractivity contribution in [2.24, 2.45) is 0 Å². The molecule has 0 fully saturated rings. The average Bonchev–Trinajstić information content (AvgIpc) is 3.22. The maximum absolute atomic E-state index is 14.3. The van der Waals surface area contributed by atoms with Gasteiger partial charge in [0.1, 0.15) is 23.2 Å². The zero-order chi connectivity index (χ0) is 28.7. The molecule has 1 atom stereocenters. The second-order valence-corrected chi connectivity index (χ2v) is 10.1. The van der Waals surface area contributed by atoms with Crippen LogP contribution in [0.3, 0.4) is 0 Å². The van der Waals surface area contributed by atoms with Gasteiger partial charge < -0.3 is 14.8 Å². The largest absolute Gasteiger partial charge is 0.373 e. The Labute approximate surface area is 234 Å². The molecule has 1 amide bonds. The number of nitrogens with one attached hydrogen (secondary N) is 1. The summed E-state index contributed by atoms with van der Waals surface area (Å²) < 4.78 is 30.5. The van der Waals surface area contributed by atoms with E-state index < -0.39 is 11.7 Å². The van der Waals surface area contributed by atoms with Crippen LogP contribution in [0.15, 0.2) is 55.1 Å². The van der Waals surface area contributed by atoms with E-state index in [1.54, 1.807) is 18.2 Å². The number of carbonyl (C=O) groups is 2. The normalized spacial score (nSPS) is 12.2. The van der Waals surface area contributed by atoms with Gasteiger partial charge >= 0.3 is 0 Å². The lowest BCUT2D eigenvalue weighted by Crippen LogP contribution is -2.23. The Kier molecular flexibility index (Phi) is 10.1. The first-order valence-electron chi connectivity index (χ1n) is 13.0. The number of rotatable bonds is 14. The molecule has 0 radical (unpaired) electrons. The molecule has 6 nitrogen and oxygen atoms in total. The van der Waals surface area contributed by atoms with E-state index in [1.165, 1.54) is 18.2 Å². The van der Waals surface area contributed by atoms with Gasteiger partial charge in [-0.25, -0.2) is 13.8 Å². The summed E-state index contributed by atoms with van der Waals surface area (Å²) in [6, 6.07) is 13.2. The summed E-state index contributed by atoms with van der Waals surface area (Å²) in [5.74, 6) is -3.60. The minimum atomic E-state index is -3.08. The first-order chi connectivity index (χ1) is 18.5. The van der Waals surface area contributed by atoms with Gasteiger partial charge in [-0.15, -0.1) is 0 Å². The predicted octanol–water partition coefficient (Wildman–Crippen LogP) is 5.65. The van der Waals surface area contributed by atoms with Gasteiger partial charge in [0.15, 0.2) is 13.7 Å². The van der Waals surface area contributed by atoms with E-state index in [1.807, 2.05) is 42.5 Å². The summed E-state index contributed by atoms with van der Waals surface area (Å²) in [5.41, 5.74) is 2.23. The van der Waals surface area contributed by atoms with Gasteiger partial charge in [-0.3, -0.25) is 9.59 Å². The van der Waals surface area contributed by atoms with Crippen molar-refractivity contribution in [1.29, 1.82) is 0 Å². The van der Waals surface area contributed by atoms with Crippen molar-refractivity contribution in [3.05, 3.63) is 88.3 Å². The summed E-state index contributed by atoms with van der Waals surface area (Å²) in [4.78, 5) is 32.0. The lowest BCUT2D eigenvalue weighted by atomic mass is 9.85. The highest BCUT2D eigenvalue weighted by molar-refractivity contribution is 6.30. The molecule has 1 heterocycles. The minimum Gasteiger partial charge on any atom is -0.373 e. The fraction of sp³-hybridized carbons (Fsp3) is 0.345. The van der Waals surface area contributed by atoms with Gasteiger partial charge in [-0.1, -0.05) is 62.4 Å². The highest BCUT2D eigenvalue weighted by Crippen LogP contribution is 2.36. The molecule has 0 aliphatic rings. The van der Waals surface area contributed by atoms with Crippen molar-refractivity contribution in [2.75, 3.05) is 18.9 Å². The number of hydrogen-bond donors (Lipinski definition) is 1. The Balaban J connectivity index is 2.33. The van der Waals surface area contributed by atoms with Crippen molar-refractivity contribution in [3.63, 3.8) is 0 Å². The maximum Gasteiger partial charge on any atom is 0.231 e. The van der Waals surface area contributed by atoms with Crippen LogP contribution in [0, 0.1) is 0 Å². The van der Waals surface area contributed by atoms with Crippen molar-refractivity contribution in [3.8, 4) is 0 Å². The van der Waals surface area contributed by atoms with E-state index in [-0.39, 0.29) is 30.1 Å². The van der Waals surface area contributed by atoms with Crippen molar-refractivity contribution < 1.29 is 18.4 Å². The number of imidazole rings is 1. The van der Waals surface area contributed by atoms with E-state index in [4.69, 9.17) is 16.6 Å². The van der Waals surface area contributed by atoms with Crippen LogP contribution in [0.2, 0.25) is 5.02 Å². The van der Waals surface area contributed by atoms with Crippen LogP contribution in [0.4, 0.5) is 14.6 Å². The molecular weight excluding hydrogens is 521 g/mol. The molecule has 0 saturated heterocycles. The molecule has 0 bridgehead atoms. The number of carbonyl (C=O) groups excluding carboxylic acids is 2. The topological polar surface area (TPSA) is 67.2 Å². The molecule has 39 heavy (non-hydrogen) atoms. The van der Waals surface area contributed by atoms with Gasteiger partial charge in [-0.05, 0) is 42.2 Å². The van der Waals surface area contributed by atoms with Gasteiger partial charge in [-0.2, -0.15) is 0 Å². The molecule has 2 aromatic carbocycles. The van der Waals surface area contributed by atoms with Gasteiger partial charge in [0, 0.05) is 37.1 Å². The third kappa shape index (κ3) is 7.15. The van der Waals surface area contributed by atoms with Gasteiger partial charge in [0.2, 0.25) is 12.2 Å². The zero-order valence-corrected chi connectivity index (χ0v) is 23.6. The van der Waals surface area contributed by atoms with E-state index >= 15 is 0 Å². The molecule has 0 aliphatic heterocycles. The molecule has 3 aromatic rings. The van der Waals surface area contributed by atoms with E-state index in [0.29, 0.717) is 47.2 Å². The number of benzene rings is 2. The fourth-order valence-electron chi connectivity index (χ4n) is 4.58. The summed E-state index contributed by atoms with van der Waals surface area (Å²) in [6.45, 7) is 9.20. The molecule has 1 aromatic heterocycles. The summed E-state index contributed by atoms with van der Waals surface area (Å²) in [6.07, 6.45) is 2.19. The Hall–Kier alpha value is -3.46. The van der Waals surface area contributed by atoms with Crippen LogP contribution in [-0.4, -0.2) is 48.1 Å². The molecule has 1 N–H and O–H groups in total. The summed E-state index contributed by atoms with van der Waals surface area (Å²) >= 11 is 6.11. The quantitative estimate of drug-likeness (QED) is 0.207. The SMILES string of the molecule is BC(F)(F)c1cccc(C(C(=O)CCC)c2nc(NC=O)c(C(=C)N(C)CCC)n2Cc2ccc(Cl)cc2)c1. The number of aromatic nitrogens is 2. The second kappa shape index (κ2) is 13.1. The highest BCUT2D eigenvalue weighted by Gasteiger charge is 2.33. The van der Waals surface area contributed by atoms with Gasteiger partial charge in [0.25, 0.3) is 0 Å². The van der Waals surface area contributed by atoms with Gasteiger partial charge in [0.05, 0.1) is 5.70 Å². The van der Waals surface area contributed by atoms with E-state index in [9.17, 15) is 18.4 Å². The molecule has 10 heteroatoms. The number of hydrogen-bond acceptors (Lipinski definition) is 4. The molecule has 206 valence electrons. The van der Waals surface area contributed by atoms with Crippen LogP contribution in [0.25, 0.3) is 5.70 Å². The second-order valence-electron chi connectivity index (χ2n) is 9.67. The molecule has 1 unspecified atom stereocenters. The number of halogens is 3. The van der Waals surface area contributed by atoms with Crippen LogP contribution in [-0.2, 0) is 22.0 Å². The van der Waals surface area contributed by atoms with Crippen LogP contribution in [0.1, 0.15) is 67.2 Å². The zero-order valence-electron chi connectivity index (χ0n) is 22.8. The van der Waals surface area contributed by atoms with Crippen LogP contribution < -0.4 is 5.32 Å². The molecule has 0 spiro atoms. The first kappa shape index (κ1) is 30.1. The number of ketones is 1. The predicted molar refractivity (Wildman–Crippen MR) is 155 cm³/mol. The lowest BCUT2D eigenvalue weighted by Gasteiger charge is -2.25. The number of amides is 1. The Morgan fingerprint density at radius 3 is 2.51 bits per heavy atom. The van der Waals surface area contributed by atoms with E-state index in [0.717, 1.165) is 19.8 Å². The van der Waals surface area contributed by atoms with Crippen LogP contribution >= 0.6 is 11.6 Å². The third-order valence-corrected chi connectivity index (χ3v) is 6.80. The standard InChI is InChI=1S/C29H34BClF2N4O2/c1-5-8-24(39)25(21-9-7-10-22(16-21)29(30,32)33)28-35-27(34-18-38)26(19(3)36(4)15-6-2)37(28)17-20-11-13-23(31)14-12-20/h7,9-14,16,18,25H,3,5-6,8,15,17,30H2,1-2,4H3,(H,34,38). The average molecular weight is 555 g/mol. The Morgan fingerprint density at radius 2 is 1.92 bits per heavy atom. The van der Waals surface area contributed by atoms with E-state index in [2.05, 4.69) is 11.9 Å². The number of anilines is 1. The third-order valence-electron chi connectivity index (χ3n) is 6.54. The van der Waals surface area contributed by atoms with Crippen LogP contribution in [0.5, 0.6) is 0 Å². The summed E-state index contributed by atoms with van der Waals surface area (Å²) in [7, 11) is 2.72. The molecule has 0 saturated carbocycles. The Bertz CT molecular complexity index is 1320. The first-order valence-corrected chi connectivity index (χ1v) is 13.4. The smallest absolute Gasteiger partial charge is 0.231 e. The monoisotopic (exact) mass is 554 g/mol. The minimum absolute atomic E-state index is 0.159. The highest BCUT2D eigenvalue weighted by atomic mass is 35.5. The van der Waals surface area contributed by atoms with Crippen molar-refractivity contribution in [2.45, 2.75) is 51.4 Å². The Morgan fingerprint density at radius 1 is 1.23 bits per heavy atom. The summed E-state index contributed by atoms with van der Waals surface area (Å²) in [5, 5.41) is 3.25. The number of Topliss-reactive ketones (excluding diaryl/α,β-unsaturated/α-hetero) is 1. The number of nitrogens with zero attached hydrogens (tertiary/aromatic N) is 3. The van der Waals surface area contributed by atoms with Crippen molar-refractivity contribution >= 4 is 43.2 Å². The molecule has 3 rings (SSSR count). The number of alkyl halides is 2.